The Balaban J connectivity index is 1.57. The van der Waals surface area contributed by atoms with Crippen LogP contribution in [0, 0.1) is 0 Å². The van der Waals surface area contributed by atoms with Crippen molar-refractivity contribution in [2.75, 3.05) is 5.32 Å². The first-order valence-electron chi connectivity index (χ1n) is 8.12. The molecule has 1 aromatic heterocycles. The summed E-state index contributed by atoms with van der Waals surface area (Å²) in [5.74, 6) is -0.713. The molecular weight excluding hydrogens is 340 g/mol. The number of aromatic nitrogens is 2. The lowest BCUT2D eigenvalue weighted by atomic mass is 10.1. The third kappa shape index (κ3) is 2.72. The van der Waals surface area contributed by atoms with Crippen molar-refractivity contribution < 1.29 is 14.4 Å². The quantitative estimate of drug-likeness (QED) is 0.850. The summed E-state index contributed by atoms with van der Waals surface area (Å²) in [6.07, 6.45) is 1.71. The van der Waals surface area contributed by atoms with Gasteiger partial charge in [-0.15, -0.1) is 10.2 Å². The predicted molar refractivity (Wildman–Crippen MR) is 91.9 cm³/mol. The predicted octanol–water partition coefficient (Wildman–Crippen LogP) is 2.67. The first-order chi connectivity index (χ1) is 12.0. The SMILES string of the molecule is CC(C)c1nnc(NC(=O)c2ccc3c(c2)C(=O)N(C2CC2)C3=O)s1. The third-order valence-electron chi connectivity index (χ3n) is 4.25. The van der Waals surface area contributed by atoms with E-state index in [4.69, 9.17) is 0 Å². The maximum absolute atomic E-state index is 12.5. The van der Waals surface area contributed by atoms with Crippen LogP contribution in [0.2, 0.25) is 0 Å². The molecule has 3 amide bonds. The number of carbonyl (C=O) groups is 3. The minimum Gasteiger partial charge on any atom is -0.296 e. The molecule has 2 aliphatic rings. The number of nitrogens with zero attached hydrogens (tertiary/aromatic N) is 3. The monoisotopic (exact) mass is 356 g/mol. The Hall–Kier alpha value is -2.61. The van der Waals surface area contributed by atoms with E-state index in [9.17, 15) is 14.4 Å². The largest absolute Gasteiger partial charge is 0.296 e. The first kappa shape index (κ1) is 15.9. The van der Waals surface area contributed by atoms with Gasteiger partial charge in [0.2, 0.25) is 5.13 Å². The Morgan fingerprint density at radius 3 is 2.56 bits per heavy atom. The molecule has 0 unspecified atom stereocenters. The van der Waals surface area contributed by atoms with Gasteiger partial charge < -0.3 is 0 Å². The van der Waals surface area contributed by atoms with E-state index in [0.717, 1.165) is 17.8 Å². The molecule has 1 saturated carbocycles. The molecule has 0 bridgehead atoms. The van der Waals surface area contributed by atoms with Crippen molar-refractivity contribution in [3.63, 3.8) is 0 Å². The summed E-state index contributed by atoms with van der Waals surface area (Å²) in [6.45, 7) is 4.00. The highest BCUT2D eigenvalue weighted by molar-refractivity contribution is 7.15. The van der Waals surface area contributed by atoms with Crippen LogP contribution in [0.15, 0.2) is 18.2 Å². The van der Waals surface area contributed by atoms with Gasteiger partial charge in [-0.1, -0.05) is 25.2 Å². The van der Waals surface area contributed by atoms with Crippen LogP contribution in [-0.2, 0) is 0 Å². The Labute approximate surface area is 148 Å². The van der Waals surface area contributed by atoms with Crippen LogP contribution in [0.4, 0.5) is 5.13 Å². The van der Waals surface area contributed by atoms with Crippen LogP contribution in [0.3, 0.4) is 0 Å². The highest BCUT2D eigenvalue weighted by atomic mass is 32.1. The van der Waals surface area contributed by atoms with Crippen LogP contribution in [0.5, 0.6) is 0 Å². The molecule has 1 fully saturated rings. The second kappa shape index (κ2) is 5.73. The zero-order chi connectivity index (χ0) is 17.7. The minimum absolute atomic E-state index is 0.0144. The summed E-state index contributed by atoms with van der Waals surface area (Å²) in [7, 11) is 0. The van der Waals surface area contributed by atoms with E-state index in [1.54, 1.807) is 12.1 Å². The van der Waals surface area contributed by atoms with E-state index in [1.807, 2.05) is 13.8 Å². The average Bonchev–Trinajstić information content (AvgIpc) is 3.25. The summed E-state index contributed by atoms with van der Waals surface area (Å²) < 4.78 is 0. The van der Waals surface area contributed by atoms with Crippen molar-refractivity contribution >= 4 is 34.2 Å². The number of nitrogens with one attached hydrogen (secondary N) is 1. The van der Waals surface area contributed by atoms with E-state index >= 15 is 0 Å². The van der Waals surface area contributed by atoms with Crippen molar-refractivity contribution in [1.82, 2.24) is 15.1 Å². The molecule has 1 aromatic carbocycles. The van der Waals surface area contributed by atoms with Crippen LogP contribution < -0.4 is 5.32 Å². The van der Waals surface area contributed by atoms with Gasteiger partial charge in [0.15, 0.2) is 0 Å². The second-order valence-electron chi connectivity index (χ2n) is 6.53. The lowest BCUT2D eigenvalue weighted by Crippen LogP contribution is -2.31. The van der Waals surface area contributed by atoms with E-state index in [0.29, 0.717) is 21.8 Å². The molecule has 128 valence electrons. The smallest absolute Gasteiger partial charge is 0.261 e. The van der Waals surface area contributed by atoms with Gasteiger partial charge in [0.1, 0.15) is 5.01 Å². The van der Waals surface area contributed by atoms with Crippen molar-refractivity contribution in [2.45, 2.75) is 38.6 Å². The standard InChI is InChI=1S/C17H16N4O3S/c1-8(2)14-19-20-17(25-14)18-13(22)9-3-6-11-12(7-9)16(24)21(15(11)23)10-4-5-10/h3,6-8,10H,4-5H2,1-2H3,(H,18,20,22). The Kier molecular flexibility index (Phi) is 3.64. The Morgan fingerprint density at radius 1 is 1.20 bits per heavy atom. The van der Waals surface area contributed by atoms with Gasteiger partial charge in [-0.05, 0) is 31.0 Å². The number of amides is 3. The zero-order valence-corrected chi connectivity index (χ0v) is 14.6. The molecule has 1 N–H and O–H groups in total. The van der Waals surface area contributed by atoms with Gasteiger partial charge in [0.25, 0.3) is 17.7 Å². The zero-order valence-electron chi connectivity index (χ0n) is 13.8. The Morgan fingerprint density at radius 2 is 1.92 bits per heavy atom. The number of hydrogen-bond acceptors (Lipinski definition) is 6. The lowest BCUT2D eigenvalue weighted by Gasteiger charge is -2.11. The van der Waals surface area contributed by atoms with E-state index in [1.165, 1.54) is 22.3 Å². The summed E-state index contributed by atoms with van der Waals surface area (Å²) in [6, 6.07) is 4.60. The van der Waals surface area contributed by atoms with Gasteiger partial charge in [0, 0.05) is 17.5 Å². The van der Waals surface area contributed by atoms with Gasteiger partial charge >= 0.3 is 0 Å². The van der Waals surface area contributed by atoms with Crippen molar-refractivity contribution in [2.24, 2.45) is 0 Å². The normalized spacial score (nSPS) is 16.5. The molecular formula is C17H16N4O3S. The molecule has 7 nitrogen and oxygen atoms in total. The summed E-state index contributed by atoms with van der Waals surface area (Å²) in [5, 5.41) is 11.9. The number of hydrogen-bond donors (Lipinski definition) is 1. The van der Waals surface area contributed by atoms with E-state index in [-0.39, 0.29) is 29.7 Å². The lowest BCUT2D eigenvalue weighted by molar-refractivity contribution is 0.0642. The average molecular weight is 356 g/mol. The van der Waals surface area contributed by atoms with E-state index in [2.05, 4.69) is 15.5 Å². The fourth-order valence-electron chi connectivity index (χ4n) is 2.75. The number of anilines is 1. The molecule has 0 spiro atoms. The van der Waals surface area contributed by atoms with Crippen LogP contribution in [0.1, 0.15) is 68.7 Å². The molecule has 4 rings (SSSR count). The molecule has 25 heavy (non-hydrogen) atoms. The highest BCUT2D eigenvalue weighted by Crippen LogP contribution is 2.35. The molecule has 8 heteroatoms. The number of imide groups is 1. The molecule has 0 saturated heterocycles. The Bertz CT molecular complexity index is 901. The minimum atomic E-state index is -0.376. The van der Waals surface area contributed by atoms with Gasteiger partial charge in [-0.2, -0.15) is 0 Å². The molecule has 2 heterocycles. The van der Waals surface area contributed by atoms with Crippen molar-refractivity contribution in [3.8, 4) is 0 Å². The number of fused-ring (bicyclic) bond motifs is 1. The van der Waals surface area contributed by atoms with Crippen LogP contribution in [-0.4, -0.2) is 38.9 Å². The van der Waals surface area contributed by atoms with Gasteiger partial charge in [-0.3, -0.25) is 24.6 Å². The summed E-state index contributed by atoms with van der Waals surface area (Å²) in [5.41, 5.74) is 0.981. The van der Waals surface area contributed by atoms with Crippen molar-refractivity contribution in [1.29, 1.82) is 0 Å². The van der Waals surface area contributed by atoms with Gasteiger partial charge in [0.05, 0.1) is 11.1 Å². The molecule has 1 aliphatic carbocycles. The molecule has 0 atom stereocenters. The van der Waals surface area contributed by atoms with E-state index < -0.39 is 0 Å². The molecule has 2 aromatic rings. The number of benzene rings is 1. The highest BCUT2D eigenvalue weighted by Gasteiger charge is 2.44. The number of rotatable bonds is 4. The third-order valence-corrected chi connectivity index (χ3v) is 5.39. The maximum Gasteiger partial charge on any atom is 0.261 e. The summed E-state index contributed by atoms with van der Waals surface area (Å²) >= 11 is 1.32. The second-order valence-corrected chi connectivity index (χ2v) is 7.54. The first-order valence-corrected chi connectivity index (χ1v) is 8.94. The van der Waals surface area contributed by atoms with Gasteiger partial charge in [-0.25, -0.2) is 0 Å². The fraction of sp³-hybridized carbons (Fsp3) is 0.353. The topological polar surface area (TPSA) is 92.3 Å². The molecule has 0 radical (unpaired) electrons. The summed E-state index contributed by atoms with van der Waals surface area (Å²) in [4.78, 5) is 38.5. The van der Waals surface area contributed by atoms with Crippen LogP contribution >= 0.6 is 11.3 Å². The van der Waals surface area contributed by atoms with Crippen molar-refractivity contribution in [3.05, 3.63) is 39.9 Å². The van der Waals surface area contributed by atoms with Crippen LogP contribution in [0.25, 0.3) is 0 Å². The maximum atomic E-state index is 12.5. The number of carbonyl (C=O) groups excluding carboxylic acids is 3. The fourth-order valence-corrected chi connectivity index (χ4v) is 3.49. The molecule has 1 aliphatic heterocycles.